The minimum atomic E-state index is 0.546. The number of fused-ring (bicyclic) bond motifs is 1. The van der Waals surface area contributed by atoms with E-state index in [2.05, 4.69) is 19.9 Å². The molecular weight excluding hydrogens is 259 g/mol. The fourth-order valence-corrected chi connectivity index (χ4v) is 2.07. The highest BCUT2D eigenvalue weighted by molar-refractivity contribution is 6.36. The summed E-state index contributed by atoms with van der Waals surface area (Å²) >= 11 is 12.0. The summed E-state index contributed by atoms with van der Waals surface area (Å²) in [5.41, 5.74) is 2.17. The molecule has 6 heteroatoms. The van der Waals surface area contributed by atoms with Crippen LogP contribution in [0.15, 0.2) is 30.7 Å². The van der Waals surface area contributed by atoms with E-state index in [9.17, 15) is 0 Å². The van der Waals surface area contributed by atoms with Crippen molar-refractivity contribution in [3.8, 4) is 11.4 Å². The number of aromatic amines is 1. The molecule has 0 saturated carbocycles. The van der Waals surface area contributed by atoms with Crippen molar-refractivity contribution >= 4 is 34.4 Å². The highest BCUT2D eigenvalue weighted by Crippen LogP contribution is 2.29. The molecule has 0 spiro atoms. The van der Waals surface area contributed by atoms with Gasteiger partial charge < -0.3 is 4.98 Å². The highest BCUT2D eigenvalue weighted by atomic mass is 35.5. The molecule has 1 N–H and O–H groups in total. The van der Waals surface area contributed by atoms with Gasteiger partial charge in [-0.2, -0.15) is 0 Å². The highest BCUT2D eigenvalue weighted by Gasteiger charge is 2.09. The molecule has 0 saturated heterocycles. The first-order chi connectivity index (χ1) is 8.24. The third-order valence-electron chi connectivity index (χ3n) is 2.35. The van der Waals surface area contributed by atoms with Gasteiger partial charge in [-0.25, -0.2) is 15.0 Å². The Balaban J connectivity index is 2.20. The van der Waals surface area contributed by atoms with E-state index in [4.69, 9.17) is 23.2 Å². The molecule has 0 bridgehead atoms. The Kier molecular flexibility index (Phi) is 2.46. The zero-order valence-electron chi connectivity index (χ0n) is 8.48. The standard InChI is InChI=1S/C11H6Cl2N4/c12-6-1-2-7(8(13)3-6)10-16-9-4-14-5-15-11(9)17-10/h1-5H,(H,14,15,16,17). The summed E-state index contributed by atoms with van der Waals surface area (Å²) in [4.78, 5) is 15.4. The third-order valence-corrected chi connectivity index (χ3v) is 2.90. The van der Waals surface area contributed by atoms with E-state index in [-0.39, 0.29) is 0 Å². The van der Waals surface area contributed by atoms with Gasteiger partial charge >= 0.3 is 0 Å². The second kappa shape index (κ2) is 3.98. The molecule has 2 aromatic heterocycles. The summed E-state index contributed by atoms with van der Waals surface area (Å²) in [7, 11) is 0. The summed E-state index contributed by atoms with van der Waals surface area (Å²) in [6.07, 6.45) is 3.12. The Labute approximate surface area is 107 Å². The van der Waals surface area contributed by atoms with Gasteiger partial charge in [0.2, 0.25) is 0 Å². The molecule has 0 aliphatic rings. The van der Waals surface area contributed by atoms with Crippen molar-refractivity contribution in [3.63, 3.8) is 0 Å². The molecule has 0 aliphatic heterocycles. The van der Waals surface area contributed by atoms with Gasteiger partial charge in [-0.3, -0.25) is 0 Å². The zero-order chi connectivity index (χ0) is 11.8. The average molecular weight is 265 g/mol. The van der Waals surface area contributed by atoms with Crippen LogP contribution in [0, 0.1) is 0 Å². The molecule has 0 unspecified atom stereocenters. The predicted octanol–water partition coefficient (Wildman–Crippen LogP) is 3.33. The minimum Gasteiger partial charge on any atom is -0.335 e. The lowest BCUT2D eigenvalue weighted by Gasteiger charge is -2.00. The quantitative estimate of drug-likeness (QED) is 0.734. The number of rotatable bonds is 1. The van der Waals surface area contributed by atoms with Gasteiger partial charge in [-0.1, -0.05) is 23.2 Å². The normalized spacial score (nSPS) is 10.9. The van der Waals surface area contributed by atoms with Crippen molar-refractivity contribution < 1.29 is 0 Å². The van der Waals surface area contributed by atoms with E-state index < -0.39 is 0 Å². The molecule has 3 rings (SSSR count). The number of H-pyrrole nitrogens is 1. The van der Waals surface area contributed by atoms with Crippen molar-refractivity contribution in [1.29, 1.82) is 0 Å². The summed E-state index contributed by atoms with van der Waals surface area (Å²) in [6, 6.07) is 5.26. The SMILES string of the molecule is Clc1ccc(-c2nc3ncncc3[nH]2)c(Cl)c1. The Morgan fingerprint density at radius 1 is 1.18 bits per heavy atom. The molecule has 3 aromatic rings. The third kappa shape index (κ3) is 1.85. The largest absolute Gasteiger partial charge is 0.335 e. The Morgan fingerprint density at radius 3 is 2.82 bits per heavy atom. The first-order valence-electron chi connectivity index (χ1n) is 4.85. The van der Waals surface area contributed by atoms with Crippen molar-refractivity contribution in [1.82, 2.24) is 19.9 Å². The summed E-state index contributed by atoms with van der Waals surface area (Å²) in [5, 5.41) is 1.14. The number of nitrogens with zero attached hydrogens (tertiary/aromatic N) is 3. The van der Waals surface area contributed by atoms with E-state index >= 15 is 0 Å². The first-order valence-corrected chi connectivity index (χ1v) is 5.61. The lowest BCUT2D eigenvalue weighted by atomic mass is 10.2. The molecule has 0 radical (unpaired) electrons. The number of halogens is 2. The molecule has 0 aliphatic carbocycles. The van der Waals surface area contributed by atoms with Gasteiger partial charge in [0.05, 0.1) is 11.2 Å². The van der Waals surface area contributed by atoms with Crippen LogP contribution in [-0.2, 0) is 0 Å². The second-order valence-corrected chi connectivity index (χ2v) is 4.31. The zero-order valence-corrected chi connectivity index (χ0v) is 10.00. The van der Waals surface area contributed by atoms with Crippen molar-refractivity contribution in [2.45, 2.75) is 0 Å². The average Bonchev–Trinajstić information content (AvgIpc) is 2.72. The summed E-state index contributed by atoms with van der Waals surface area (Å²) in [5.74, 6) is 0.655. The summed E-state index contributed by atoms with van der Waals surface area (Å²) < 4.78 is 0. The van der Waals surface area contributed by atoms with E-state index in [1.165, 1.54) is 6.33 Å². The smallest absolute Gasteiger partial charge is 0.181 e. The van der Waals surface area contributed by atoms with Crippen LogP contribution in [0.25, 0.3) is 22.6 Å². The minimum absolute atomic E-state index is 0.546. The van der Waals surface area contributed by atoms with Crippen molar-refractivity contribution in [2.24, 2.45) is 0 Å². The van der Waals surface area contributed by atoms with Crippen LogP contribution >= 0.6 is 23.2 Å². The molecular formula is C11H6Cl2N4. The molecule has 0 atom stereocenters. The predicted molar refractivity (Wildman–Crippen MR) is 67.1 cm³/mol. The fraction of sp³-hybridized carbons (Fsp3) is 0. The monoisotopic (exact) mass is 264 g/mol. The lowest BCUT2D eigenvalue weighted by molar-refractivity contribution is 1.20. The van der Waals surface area contributed by atoms with Gasteiger partial charge in [-0.05, 0) is 18.2 Å². The molecule has 17 heavy (non-hydrogen) atoms. The number of imidazole rings is 1. The Morgan fingerprint density at radius 2 is 2.06 bits per heavy atom. The van der Waals surface area contributed by atoms with Gasteiger partial charge in [0.1, 0.15) is 17.7 Å². The van der Waals surface area contributed by atoms with Gasteiger partial charge in [0.15, 0.2) is 5.65 Å². The van der Waals surface area contributed by atoms with E-state index in [0.29, 0.717) is 21.5 Å². The number of hydrogen-bond donors (Lipinski definition) is 1. The van der Waals surface area contributed by atoms with Crippen molar-refractivity contribution in [3.05, 3.63) is 40.8 Å². The molecule has 1 aromatic carbocycles. The second-order valence-electron chi connectivity index (χ2n) is 3.47. The van der Waals surface area contributed by atoms with Crippen LogP contribution in [-0.4, -0.2) is 19.9 Å². The van der Waals surface area contributed by atoms with Crippen LogP contribution in [0.5, 0.6) is 0 Å². The number of nitrogens with one attached hydrogen (secondary N) is 1. The first kappa shape index (κ1) is 10.5. The Bertz CT molecular complexity index is 660. The Hall–Kier alpha value is -1.65. The van der Waals surface area contributed by atoms with Gasteiger partial charge in [0.25, 0.3) is 0 Å². The molecule has 0 amide bonds. The van der Waals surface area contributed by atoms with Crippen LogP contribution in [0.3, 0.4) is 0 Å². The van der Waals surface area contributed by atoms with Gasteiger partial charge in [0, 0.05) is 10.6 Å². The lowest BCUT2D eigenvalue weighted by Crippen LogP contribution is -1.82. The van der Waals surface area contributed by atoms with Crippen LogP contribution in [0.2, 0.25) is 10.0 Å². The van der Waals surface area contributed by atoms with Crippen LogP contribution < -0.4 is 0 Å². The molecule has 4 nitrogen and oxygen atoms in total. The van der Waals surface area contributed by atoms with Gasteiger partial charge in [-0.15, -0.1) is 0 Å². The van der Waals surface area contributed by atoms with Crippen LogP contribution in [0.1, 0.15) is 0 Å². The molecule has 84 valence electrons. The van der Waals surface area contributed by atoms with E-state index in [1.807, 2.05) is 6.07 Å². The molecule has 0 fully saturated rings. The fourth-order valence-electron chi connectivity index (χ4n) is 1.57. The van der Waals surface area contributed by atoms with Crippen LogP contribution in [0.4, 0.5) is 0 Å². The number of hydrogen-bond acceptors (Lipinski definition) is 3. The van der Waals surface area contributed by atoms with E-state index in [0.717, 1.165) is 11.1 Å². The van der Waals surface area contributed by atoms with E-state index in [1.54, 1.807) is 18.3 Å². The van der Waals surface area contributed by atoms with Crippen molar-refractivity contribution in [2.75, 3.05) is 0 Å². The number of benzene rings is 1. The summed E-state index contributed by atoms with van der Waals surface area (Å²) in [6.45, 7) is 0. The maximum Gasteiger partial charge on any atom is 0.181 e. The maximum absolute atomic E-state index is 6.11. The topological polar surface area (TPSA) is 54.5 Å². The maximum atomic E-state index is 6.11. The number of aromatic nitrogens is 4. The molecule has 2 heterocycles.